The first-order chi connectivity index (χ1) is 16.1. The van der Waals surface area contributed by atoms with Crippen LogP contribution in [0.3, 0.4) is 0 Å². The fourth-order valence-electron chi connectivity index (χ4n) is 4.77. The van der Waals surface area contributed by atoms with Crippen molar-refractivity contribution in [2.24, 2.45) is 0 Å². The van der Waals surface area contributed by atoms with Crippen LogP contribution in [0.25, 0.3) is 10.9 Å². The van der Waals surface area contributed by atoms with Crippen LogP contribution >= 0.6 is 0 Å². The summed E-state index contributed by atoms with van der Waals surface area (Å²) < 4.78 is 12.2. The van der Waals surface area contributed by atoms with Gasteiger partial charge in [-0.1, -0.05) is 0 Å². The van der Waals surface area contributed by atoms with Crippen molar-refractivity contribution in [3.63, 3.8) is 0 Å². The van der Waals surface area contributed by atoms with E-state index in [0.29, 0.717) is 12.3 Å². The number of amides is 1. The summed E-state index contributed by atoms with van der Waals surface area (Å²) in [6, 6.07) is 10.4. The molecule has 5 rings (SSSR count). The number of aryl methyl sites for hydroxylation is 1. The predicted molar refractivity (Wildman–Crippen MR) is 127 cm³/mol. The molecule has 172 valence electrons. The number of ether oxygens (including phenoxy) is 2. The molecule has 0 bridgehead atoms. The van der Waals surface area contributed by atoms with Crippen molar-refractivity contribution in [3.05, 3.63) is 59.5 Å². The second-order valence-corrected chi connectivity index (χ2v) is 8.70. The molecular formula is C25H29N5O3. The van der Waals surface area contributed by atoms with Gasteiger partial charge in [0.05, 0.1) is 30.6 Å². The topological polar surface area (TPSA) is 79.8 Å². The van der Waals surface area contributed by atoms with Gasteiger partial charge in [-0.25, -0.2) is 4.98 Å². The Morgan fingerprint density at radius 1 is 1.18 bits per heavy atom. The first-order valence-corrected chi connectivity index (χ1v) is 11.3. The molecular weight excluding hydrogens is 418 g/mol. The van der Waals surface area contributed by atoms with Gasteiger partial charge in [-0.15, -0.1) is 0 Å². The van der Waals surface area contributed by atoms with E-state index in [1.54, 1.807) is 26.4 Å². The number of anilines is 1. The van der Waals surface area contributed by atoms with E-state index in [1.807, 2.05) is 12.3 Å². The number of carbonyl (C=O) groups is 1. The Balaban J connectivity index is 1.41. The lowest BCUT2D eigenvalue weighted by molar-refractivity contribution is -0.0749. The van der Waals surface area contributed by atoms with Gasteiger partial charge in [0.25, 0.3) is 5.91 Å². The maximum atomic E-state index is 11.8. The van der Waals surface area contributed by atoms with E-state index >= 15 is 0 Å². The molecule has 2 aliphatic heterocycles. The number of piperazine rings is 1. The van der Waals surface area contributed by atoms with Gasteiger partial charge in [-0.05, 0) is 49.2 Å². The van der Waals surface area contributed by atoms with Gasteiger partial charge in [0.15, 0.2) is 0 Å². The third kappa shape index (κ3) is 4.24. The van der Waals surface area contributed by atoms with Crippen molar-refractivity contribution < 1.29 is 14.3 Å². The molecule has 33 heavy (non-hydrogen) atoms. The summed E-state index contributed by atoms with van der Waals surface area (Å²) in [6.07, 6.45) is 4.49. The number of benzene rings is 1. The number of methoxy groups -OCH3 is 1. The number of carbonyl (C=O) groups excluding carboxylic acids is 1. The minimum atomic E-state index is -0.186. The molecule has 1 fully saturated rings. The summed E-state index contributed by atoms with van der Waals surface area (Å²) in [5.74, 6) is 0.744. The van der Waals surface area contributed by atoms with Crippen LogP contribution in [0, 0.1) is 6.92 Å². The van der Waals surface area contributed by atoms with E-state index < -0.39 is 0 Å². The highest BCUT2D eigenvalue weighted by Gasteiger charge is 2.36. The van der Waals surface area contributed by atoms with Crippen molar-refractivity contribution in [1.82, 2.24) is 20.2 Å². The zero-order chi connectivity index (χ0) is 22.9. The lowest BCUT2D eigenvalue weighted by atomic mass is 10.0. The second-order valence-electron chi connectivity index (χ2n) is 8.70. The average molecular weight is 448 g/mol. The van der Waals surface area contributed by atoms with E-state index in [1.165, 1.54) is 0 Å². The van der Waals surface area contributed by atoms with Gasteiger partial charge >= 0.3 is 0 Å². The highest BCUT2D eigenvalue weighted by molar-refractivity contribution is 5.92. The van der Waals surface area contributed by atoms with E-state index in [-0.39, 0.29) is 18.2 Å². The normalized spacial score (nSPS) is 20.9. The maximum absolute atomic E-state index is 11.8. The summed E-state index contributed by atoms with van der Waals surface area (Å²) in [5, 5.41) is 3.71. The molecule has 2 aromatic heterocycles. The summed E-state index contributed by atoms with van der Waals surface area (Å²) in [4.78, 5) is 25.5. The molecule has 0 aliphatic carbocycles. The zero-order valence-electron chi connectivity index (χ0n) is 19.2. The molecule has 2 aliphatic rings. The third-order valence-corrected chi connectivity index (χ3v) is 6.55. The molecule has 2 atom stereocenters. The molecule has 1 unspecified atom stereocenters. The molecule has 0 saturated carbocycles. The van der Waals surface area contributed by atoms with Crippen LogP contribution in [-0.2, 0) is 11.3 Å². The number of fused-ring (bicyclic) bond motifs is 3. The highest BCUT2D eigenvalue weighted by atomic mass is 16.5. The first kappa shape index (κ1) is 21.6. The summed E-state index contributed by atoms with van der Waals surface area (Å²) >= 11 is 0. The van der Waals surface area contributed by atoms with Crippen LogP contribution in [0.15, 0.2) is 42.7 Å². The van der Waals surface area contributed by atoms with Crippen LogP contribution < -0.4 is 15.0 Å². The summed E-state index contributed by atoms with van der Waals surface area (Å²) in [6.45, 7) is 4.99. The van der Waals surface area contributed by atoms with E-state index in [0.717, 1.165) is 59.5 Å². The molecule has 1 aromatic carbocycles. The van der Waals surface area contributed by atoms with Crippen LogP contribution in [0.1, 0.15) is 28.0 Å². The molecule has 0 spiro atoms. The number of nitrogens with zero attached hydrogens (tertiary/aromatic N) is 4. The Labute approximate surface area is 193 Å². The van der Waals surface area contributed by atoms with Crippen LogP contribution in [0.5, 0.6) is 5.75 Å². The fourth-order valence-corrected chi connectivity index (χ4v) is 4.77. The summed E-state index contributed by atoms with van der Waals surface area (Å²) in [5.41, 5.74) is 4.65. The van der Waals surface area contributed by atoms with Crippen LogP contribution in [0.4, 0.5) is 5.69 Å². The van der Waals surface area contributed by atoms with Gasteiger partial charge in [-0.3, -0.25) is 14.7 Å². The van der Waals surface area contributed by atoms with Crippen LogP contribution in [-0.4, -0.2) is 66.9 Å². The number of rotatable bonds is 3. The van der Waals surface area contributed by atoms with Crippen molar-refractivity contribution in [1.29, 1.82) is 0 Å². The highest BCUT2D eigenvalue weighted by Crippen LogP contribution is 2.33. The SMILES string of the molecule is CNC(=O)c1ccc(N2CC3CCOc4cc5cc(C)cnc5cc4CN3[C@@H](OC)C2)cn1. The van der Waals surface area contributed by atoms with Crippen LogP contribution in [0.2, 0.25) is 0 Å². The summed E-state index contributed by atoms with van der Waals surface area (Å²) in [7, 11) is 3.37. The zero-order valence-corrected chi connectivity index (χ0v) is 19.2. The van der Waals surface area contributed by atoms with Crippen molar-refractivity contribution >= 4 is 22.5 Å². The van der Waals surface area contributed by atoms with Gasteiger partial charge < -0.3 is 19.7 Å². The standard InChI is InChI=1S/C25H29N5O3/c1-16-8-17-10-23-18(9-22(17)27-11-16)13-30-20(6-7-33-23)14-29(15-24(30)32-3)19-4-5-21(28-12-19)25(31)26-2/h4-5,8-12,20,24H,6-7,13-15H2,1-3H3,(H,26,31)/t20?,24-/m0/s1. The quantitative estimate of drug-likeness (QED) is 0.661. The minimum Gasteiger partial charge on any atom is -0.493 e. The van der Waals surface area contributed by atoms with Gasteiger partial charge in [0.1, 0.15) is 17.7 Å². The fraction of sp³-hybridized carbons (Fsp3) is 0.400. The number of nitrogens with one attached hydrogen (secondary N) is 1. The number of hydrogen-bond acceptors (Lipinski definition) is 7. The molecule has 1 amide bonds. The minimum absolute atomic E-state index is 0.0741. The maximum Gasteiger partial charge on any atom is 0.269 e. The third-order valence-electron chi connectivity index (χ3n) is 6.55. The molecule has 1 saturated heterocycles. The predicted octanol–water partition coefficient (Wildman–Crippen LogP) is 2.74. The molecule has 4 heterocycles. The Morgan fingerprint density at radius 3 is 2.82 bits per heavy atom. The van der Waals surface area contributed by atoms with Gasteiger partial charge in [0, 0.05) is 50.4 Å². The molecule has 1 N–H and O–H groups in total. The monoisotopic (exact) mass is 447 g/mol. The first-order valence-electron chi connectivity index (χ1n) is 11.3. The molecule has 3 aromatic rings. The molecule has 8 nitrogen and oxygen atoms in total. The Morgan fingerprint density at radius 2 is 2.06 bits per heavy atom. The number of pyridine rings is 2. The largest absolute Gasteiger partial charge is 0.493 e. The second kappa shape index (κ2) is 8.96. The van der Waals surface area contributed by atoms with E-state index in [2.05, 4.69) is 50.2 Å². The Bertz CT molecular complexity index is 1170. The average Bonchev–Trinajstić information content (AvgIpc) is 2.83. The smallest absolute Gasteiger partial charge is 0.269 e. The van der Waals surface area contributed by atoms with E-state index in [4.69, 9.17) is 9.47 Å². The molecule has 0 radical (unpaired) electrons. The van der Waals surface area contributed by atoms with E-state index in [9.17, 15) is 4.79 Å². The number of aromatic nitrogens is 2. The van der Waals surface area contributed by atoms with Crippen molar-refractivity contribution in [2.45, 2.75) is 32.2 Å². The lowest BCUT2D eigenvalue weighted by Gasteiger charge is -2.47. The van der Waals surface area contributed by atoms with Gasteiger partial charge in [0.2, 0.25) is 0 Å². The Hall–Kier alpha value is -3.23. The van der Waals surface area contributed by atoms with Crippen molar-refractivity contribution in [2.75, 3.05) is 38.8 Å². The van der Waals surface area contributed by atoms with Crippen molar-refractivity contribution in [3.8, 4) is 5.75 Å². The van der Waals surface area contributed by atoms with Gasteiger partial charge in [-0.2, -0.15) is 0 Å². The lowest BCUT2D eigenvalue weighted by Crippen LogP contribution is -2.59. The Kier molecular flexibility index (Phi) is 5.86. The molecule has 8 heteroatoms. The number of hydrogen-bond donors (Lipinski definition) is 1.